The van der Waals surface area contributed by atoms with Gasteiger partial charge in [-0.25, -0.2) is 13.1 Å². The van der Waals surface area contributed by atoms with E-state index >= 15 is 0 Å². The van der Waals surface area contributed by atoms with Crippen LogP contribution in [0.1, 0.15) is 5.69 Å². The molecule has 0 aliphatic carbocycles. The summed E-state index contributed by atoms with van der Waals surface area (Å²) in [6.07, 6.45) is 2.35. The Labute approximate surface area is 89.0 Å². The van der Waals surface area contributed by atoms with Crippen LogP contribution in [0.25, 0.3) is 0 Å². The highest BCUT2D eigenvalue weighted by Crippen LogP contribution is 1.94. The average Bonchev–Trinajstić information content (AvgIpc) is 2.51. The van der Waals surface area contributed by atoms with E-state index in [0.29, 0.717) is 13.0 Å². The number of nitrogens with zero attached hydrogens (tertiary/aromatic N) is 2. The van der Waals surface area contributed by atoms with Crippen LogP contribution in [-0.2, 0) is 23.5 Å². The normalized spacial score (nSPS) is 11.9. The van der Waals surface area contributed by atoms with Crippen molar-refractivity contribution in [3.8, 4) is 0 Å². The van der Waals surface area contributed by atoms with Crippen molar-refractivity contribution in [3.05, 3.63) is 18.0 Å². The SMILES string of the molecule is Cn1ccc(CCNS(=O)(=O)CCO)n1. The third kappa shape index (κ3) is 4.41. The summed E-state index contributed by atoms with van der Waals surface area (Å²) in [5.41, 5.74) is 0.837. The van der Waals surface area contributed by atoms with Gasteiger partial charge in [-0.3, -0.25) is 4.68 Å². The van der Waals surface area contributed by atoms with E-state index in [1.54, 1.807) is 17.9 Å². The first-order chi connectivity index (χ1) is 7.03. The van der Waals surface area contributed by atoms with Crippen LogP contribution in [0.15, 0.2) is 12.3 Å². The van der Waals surface area contributed by atoms with Crippen LogP contribution in [0.4, 0.5) is 0 Å². The molecule has 0 radical (unpaired) electrons. The molecule has 1 aromatic heterocycles. The zero-order valence-electron chi connectivity index (χ0n) is 8.55. The van der Waals surface area contributed by atoms with E-state index < -0.39 is 10.0 Å². The van der Waals surface area contributed by atoms with Gasteiger partial charge in [-0.15, -0.1) is 0 Å². The molecule has 15 heavy (non-hydrogen) atoms. The molecule has 6 nitrogen and oxygen atoms in total. The summed E-state index contributed by atoms with van der Waals surface area (Å²) in [7, 11) is -1.52. The molecule has 0 saturated heterocycles. The monoisotopic (exact) mass is 233 g/mol. The molecule has 0 aromatic carbocycles. The fourth-order valence-electron chi connectivity index (χ4n) is 1.12. The van der Waals surface area contributed by atoms with Gasteiger partial charge in [0.1, 0.15) is 0 Å². The van der Waals surface area contributed by atoms with Gasteiger partial charge >= 0.3 is 0 Å². The highest BCUT2D eigenvalue weighted by atomic mass is 32.2. The molecule has 0 aliphatic heterocycles. The van der Waals surface area contributed by atoms with Crippen molar-refractivity contribution in [3.63, 3.8) is 0 Å². The molecule has 1 rings (SSSR count). The average molecular weight is 233 g/mol. The van der Waals surface area contributed by atoms with E-state index in [1.165, 1.54) is 0 Å². The van der Waals surface area contributed by atoms with Crippen molar-refractivity contribution < 1.29 is 13.5 Å². The van der Waals surface area contributed by atoms with Crippen molar-refractivity contribution in [2.24, 2.45) is 7.05 Å². The summed E-state index contributed by atoms with van der Waals surface area (Å²) < 4.78 is 26.3. The third-order valence-electron chi connectivity index (χ3n) is 1.83. The van der Waals surface area contributed by atoms with Crippen LogP contribution in [0.2, 0.25) is 0 Å². The van der Waals surface area contributed by atoms with Crippen molar-refractivity contribution >= 4 is 10.0 Å². The number of rotatable bonds is 6. The van der Waals surface area contributed by atoms with E-state index in [2.05, 4.69) is 9.82 Å². The highest BCUT2D eigenvalue weighted by Gasteiger charge is 2.08. The lowest BCUT2D eigenvalue weighted by Gasteiger charge is -2.03. The van der Waals surface area contributed by atoms with Crippen molar-refractivity contribution in [1.82, 2.24) is 14.5 Å². The van der Waals surface area contributed by atoms with Gasteiger partial charge in [-0.05, 0) is 6.07 Å². The van der Waals surface area contributed by atoms with E-state index in [0.717, 1.165) is 5.69 Å². The number of aliphatic hydroxyl groups is 1. The Kier molecular flexibility index (Phi) is 4.25. The minimum absolute atomic E-state index is 0.255. The first-order valence-corrected chi connectivity index (χ1v) is 6.25. The maximum Gasteiger partial charge on any atom is 0.213 e. The van der Waals surface area contributed by atoms with Gasteiger partial charge in [0.05, 0.1) is 18.1 Å². The molecule has 0 fully saturated rings. The predicted molar refractivity (Wildman–Crippen MR) is 55.8 cm³/mol. The Morgan fingerprint density at radius 2 is 2.33 bits per heavy atom. The number of hydrogen-bond acceptors (Lipinski definition) is 4. The number of hydrogen-bond donors (Lipinski definition) is 2. The molecule has 0 bridgehead atoms. The van der Waals surface area contributed by atoms with E-state index in [1.807, 2.05) is 6.07 Å². The number of aromatic nitrogens is 2. The maximum atomic E-state index is 11.1. The van der Waals surface area contributed by atoms with Crippen molar-refractivity contribution in [2.45, 2.75) is 6.42 Å². The summed E-state index contributed by atoms with van der Waals surface area (Å²) in [4.78, 5) is 0. The van der Waals surface area contributed by atoms with E-state index in [4.69, 9.17) is 5.11 Å². The molecular weight excluding hydrogens is 218 g/mol. The Balaban J connectivity index is 2.33. The molecule has 0 amide bonds. The van der Waals surface area contributed by atoms with Crippen LogP contribution in [0.3, 0.4) is 0 Å². The molecule has 0 spiro atoms. The van der Waals surface area contributed by atoms with Crippen LogP contribution in [-0.4, -0.2) is 42.2 Å². The molecule has 7 heteroatoms. The molecule has 86 valence electrons. The second kappa shape index (κ2) is 5.24. The van der Waals surface area contributed by atoms with Crippen molar-refractivity contribution in [1.29, 1.82) is 0 Å². The lowest BCUT2D eigenvalue weighted by Crippen LogP contribution is -2.29. The fourth-order valence-corrected chi connectivity index (χ4v) is 1.92. The summed E-state index contributed by atoms with van der Waals surface area (Å²) in [6, 6.07) is 1.83. The molecule has 0 saturated carbocycles. The summed E-state index contributed by atoms with van der Waals surface area (Å²) >= 11 is 0. The Hall–Kier alpha value is -0.920. The third-order valence-corrected chi connectivity index (χ3v) is 3.20. The number of aliphatic hydroxyl groups excluding tert-OH is 1. The second-order valence-corrected chi connectivity index (χ2v) is 5.09. The maximum absolute atomic E-state index is 11.1. The fraction of sp³-hybridized carbons (Fsp3) is 0.625. The smallest absolute Gasteiger partial charge is 0.213 e. The molecule has 0 atom stereocenters. The Morgan fingerprint density at radius 1 is 1.60 bits per heavy atom. The zero-order valence-corrected chi connectivity index (χ0v) is 9.37. The van der Waals surface area contributed by atoms with Crippen LogP contribution < -0.4 is 4.72 Å². The van der Waals surface area contributed by atoms with Gasteiger partial charge in [0, 0.05) is 26.2 Å². The Bertz CT molecular complexity index is 399. The highest BCUT2D eigenvalue weighted by molar-refractivity contribution is 7.89. The van der Waals surface area contributed by atoms with Gasteiger partial charge in [0.2, 0.25) is 10.0 Å². The first kappa shape index (κ1) is 12.2. The lowest BCUT2D eigenvalue weighted by molar-refractivity contribution is 0.319. The lowest BCUT2D eigenvalue weighted by atomic mass is 10.3. The van der Waals surface area contributed by atoms with Crippen LogP contribution in [0, 0.1) is 0 Å². The number of aryl methyl sites for hydroxylation is 1. The largest absolute Gasteiger partial charge is 0.395 e. The van der Waals surface area contributed by atoms with Crippen molar-refractivity contribution in [2.75, 3.05) is 18.9 Å². The topological polar surface area (TPSA) is 84.2 Å². The second-order valence-electron chi connectivity index (χ2n) is 3.17. The summed E-state index contributed by atoms with van der Waals surface area (Å²) in [6.45, 7) is -0.0573. The minimum atomic E-state index is -3.33. The zero-order chi connectivity index (χ0) is 11.3. The molecule has 0 aliphatic rings. The van der Waals surface area contributed by atoms with Gasteiger partial charge < -0.3 is 5.11 Å². The quantitative estimate of drug-likeness (QED) is 0.651. The minimum Gasteiger partial charge on any atom is -0.395 e. The number of nitrogens with one attached hydrogen (secondary N) is 1. The molecular formula is C8H15N3O3S. The van der Waals surface area contributed by atoms with Gasteiger partial charge in [0.15, 0.2) is 0 Å². The molecule has 1 aromatic rings. The van der Waals surface area contributed by atoms with E-state index in [-0.39, 0.29) is 12.4 Å². The first-order valence-electron chi connectivity index (χ1n) is 4.60. The molecule has 2 N–H and O–H groups in total. The van der Waals surface area contributed by atoms with Gasteiger partial charge in [-0.1, -0.05) is 0 Å². The standard InChI is InChI=1S/C8H15N3O3S/c1-11-5-3-8(10-11)2-4-9-15(13,14)7-6-12/h3,5,9,12H,2,4,6-7H2,1H3. The van der Waals surface area contributed by atoms with E-state index in [9.17, 15) is 8.42 Å². The number of sulfonamides is 1. The summed E-state index contributed by atoms with van der Waals surface area (Å²) in [5, 5.41) is 12.6. The molecule has 0 unspecified atom stereocenters. The van der Waals surface area contributed by atoms with Gasteiger partial charge in [0.25, 0.3) is 0 Å². The predicted octanol–water partition coefficient (Wildman–Crippen LogP) is -1.13. The van der Waals surface area contributed by atoms with Gasteiger partial charge in [-0.2, -0.15) is 5.10 Å². The Morgan fingerprint density at radius 3 is 2.87 bits per heavy atom. The van der Waals surface area contributed by atoms with Crippen LogP contribution >= 0.6 is 0 Å². The van der Waals surface area contributed by atoms with Crippen LogP contribution in [0.5, 0.6) is 0 Å². The summed E-state index contributed by atoms with van der Waals surface area (Å²) in [5.74, 6) is -0.255. The molecule has 1 heterocycles.